The molecule has 144 valence electrons. The highest BCUT2D eigenvalue weighted by molar-refractivity contribution is 7.99. The molecule has 0 bridgehead atoms. The van der Waals surface area contributed by atoms with Crippen LogP contribution in [0.2, 0.25) is 0 Å². The van der Waals surface area contributed by atoms with E-state index in [9.17, 15) is 9.59 Å². The highest BCUT2D eigenvalue weighted by Gasteiger charge is 2.27. The van der Waals surface area contributed by atoms with Crippen LogP contribution in [0.1, 0.15) is 25.3 Å². The van der Waals surface area contributed by atoms with Crippen molar-refractivity contribution in [2.75, 3.05) is 19.3 Å². The Bertz CT molecular complexity index is 707. The van der Waals surface area contributed by atoms with Gasteiger partial charge in [0, 0.05) is 30.7 Å². The first-order valence-electron chi connectivity index (χ1n) is 9.38. The Hall–Kier alpha value is -2.27. The van der Waals surface area contributed by atoms with Crippen molar-refractivity contribution in [3.05, 3.63) is 66.2 Å². The summed E-state index contributed by atoms with van der Waals surface area (Å²) in [4.78, 5) is 28.1. The summed E-state index contributed by atoms with van der Waals surface area (Å²) in [6.45, 7) is 2.49. The van der Waals surface area contributed by atoms with E-state index in [1.807, 2.05) is 55.5 Å². The molecule has 2 rings (SSSR count). The van der Waals surface area contributed by atoms with Gasteiger partial charge in [0.15, 0.2) is 0 Å². The molecular weight excluding hydrogens is 356 g/mol. The van der Waals surface area contributed by atoms with E-state index in [4.69, 9.17) is 0 Å². The number of nitrogens with one attached hydrogen (secondary N) is 1. The van der Waals surface area contributed by atoms with Gasteiger partial charge in [-0.05, 0) is 30.5 Å². The maximum Gasteiger partial charge on any atom is 0.242 e. The van der Waals surface area contributed by atoms with Gasteiger partial charge in [-0.15, -0.1) is 11.8 Å². The van der Waals surface area contributed by atoms with E-state index in [0.717, 1.165) is 11.3 Å². The Morgan fingerprint density at radius 2 is 1.67 bits per heavy atom. The number of nitrogens with zero attached hydrogens (tertiary/aromatic N) is 1. The molecule has 2 aromatic rings. The molecule has 2 amide bonds. The van der Waals surface area contributed by atoms with Gasteiger partial charge < -0.3 is 10.2 Å². The number of likely N-dealkylation sites (N-methyl/N-ethyl adjacent to an activating group) is 1. The van der Waals surface area contributed by atoms with Crippen molar-refractivity contribution in [3.63, 3.8) is 0 Å². The Kier molecular flexibility index (Phi) is 8.92. The molecule has 0 aliphatic heterocycles. The van der Waals surface area contributed by atoms with E-state index in [1.165, 1.54) is 5.56 Å². The van der Waals surface area contributed by atoms with Gasteiger partial charge in [0.1, 0.15) is 6.04 Å². The first kappa shape index (κ1) is 21.0. The summed E-state index contributed by atoms with van der Waals surface area (Å²) in [5.41, 5.74) is 1.17. The largest absolute Gasteiger partial charge is 0.357 e. The average molecular weight is 385 g/mol. The van der Waals surface area contributed by atoms with E-state index in [-0.39, 0.29) is 11.8 Å². The van der Waals surface area contributed by atoms with Gasteiger partial charge >= 0.3 is 0 Å². The van der Waals surface area contributed by atoms with E-state index >= 15 is 0 Å². The third-order valence-corrected chi connectivity index (χ3v) is 5.46. The van der Waals surface area contributed by atoms with Crippen LogP contribution >= 0.6 is 11.8 Å². The van der Waals surface area contributed by atoms with Crippen LogP contribution < -0.4 is 5.32 Å². The molecule has 1 N–H and O–H groups in total. The van der Waals surface area contributed by atoms with E-state index in [0.29, 0.717) is 25.1 Å². The zero-order chi connectivity index (χ0) is 19.5. The van der Waals surface area contributed by atoms with Crippen molar-refractivity contribution < 1.29 is 9.59 Å². The van der Waals surface area contributed by atoms with Gasteiger partial charge in [-0.1, -0.05) is 55.5 Å². The summed E-state index contributed by atoms with van der Waals surface area (Å²) < 4.78 is 0. The summed E-state index contributed by atoms with van der Waals surface area (Å²) in [5, 5.41) is 2.69. The van der Waals surface area contributed by atoms with Crippen LogP contribution in [0.5, 0.6) is 0 Å². The summed E-state index contributed by atoms with van der Waals surface area (Å²) >= 11 is 1.67. The minimum absolute atomic E-state index is 0.0322. The predicted octanol–water partition coefficient (Wildman–Crippen LogP) is 3.76. The SMILES string of the molecule is CC[C@H](C(=O)NC)N(CCc1ccccc1)C(=O)CCSc1ccccc1. The summed E-state index contributed by atoms with van der Waals surface area (Å²) in [7, 11) is 1.62. The molecule has 2 aromatic carbocycles. The maximum atomic E-state index is 12.9. The molecule has 5 heteroatoms. The topological polar surface area (TPSA) is 49.4 Å². The van der Waals surface area contributed by atoms with Gasteiger partial charge in [-0.25, -0.2) is 0 Å². The van der Waals surface area contributed by atoms with Gasteiger partial charge in [-0.3, -0.25) is 9.59 Å². The first-order chi connectivity index (χ1) is 13.2. The molecule has 4 nitrogen and oxygen atoms in total. The van der Waals surface area contributed by atoms with Crippen LogP contribution in [0.3, 0.4) is 0 Å². The first-order valence-corrected chi connectivity index (χ1v) is 10.4. The molecule has 0 aromatic heterocycles. The van der Waals surface area contributed by atoms with Gasteiger partial charge in [0.25, 0.3) is 0 Å². The van der Waals surface area contributed by atoms with E-state index in [1.54, 1.807) is 23.7 Å². The highest BCUT2D eigenvalue weighted by Crippen LogP contribution is 2.19. The summed E-state index contributed by atoms with van der Waals surface area (Å²) in [6.07, 6.45) is 1.76. The fraction of sp³-hybridized carbons (Fsp3) is 0.364. The standard InChI is InChI=1S/C22H28N2O2S/c1-3-20(22(26)23-2)24(16-14-18-10-6-4-7-11-18)21(25)15-17-27-19-12-8-5-9-13-19/h4-13,20H,3,14-17H2,1-2H3,(H,23,26)/t20-/m1/s1. The number of thioether (sulfide) groups is 1. The van der Waals surface area contributed by atoms with Crippen molar-refractivity contribution in [1.82, 2.24) is 10.2 Å². The molecule has 0 fully saturated rings. The van der Waals surface area contributed by atoms with Crippen molar-refractivity contribution in [1.29, 1.82) is 0 Å². The van der Waals surface area contributed by atoms with Crippen molar-refractivity contribution in [3.8, 4) is 0 Å². The van der Waals surface area contributed by atoms with Gasteiger partial charge in [0.05, 0.1) is 0 Å². The third kappa shape index (κ3) is 6.75. The number of benzene rings is 2. The van der Waals surface area contributed by atoms with Crippen LogP contribution in [0.4, 0.5) is 0 Å². The number of hydrogen-bond acceptors (Lipinski definition) is 3. The molecule has 0 radical (unpaired) electrons. The summed E-state index contributed by atoms with van der Waals surface area (Å²) in [6, 6.07) is 19.7. The van der Waals surface area contributed by atoms with Crippen LogP contribution in [-0.4, -0.2) is 42.1 Å². The number of carbonyl (C=O) groups is 2. The molecule has 0 spiro atoms. The fourth-order valence-corrected chi connectivity index (χ4v) is 3.84. The van der Waals surface area contributed by atoms with E-state index in [2.05, 4.69) is 17.4 Å². The second kappa shape index (κ2) is 11.4. The van der Waals surface area contributed by atoms with Crippen molar-refractivity contribution >= 4 is 23.6 Å². The van der Waals surface area contributed by atoms with E-state index < -0.39 is 6.04 Å². The van der Waals surface area contributed by atoms with Crippen molar-refractivity contribution in [2.24, 2.45) is 0 Å². The minimum atomic E-state index is -0.423. The molecule has 0 saturated carbocycles. The van der Waals surface area contributed by atoms with Gasteiger partial charge in [0.2, 0.25) is 11.8 Å². The lowest BCUT2D eigenvalue weighted by molar-refractivity contribution is -0.140. The third-order valence-electron chi connectivity index (χ3n) is 4.44. The van der Waals surface area contributed by atoms with Crippen LogP contribution in [0.15, 0.2) is 65.6 Å². The molecule has 1 atom stereocenters. The van der Waals surface area contributed by atoms with Crippen LogP contribution in [0.25, 0.3) is 0 Å². The lowest BCUT2D eigenvalue weighted by atomic mass is 10.1. The Labute approximate surface area is 166 Å². The lowest BCUT2D eigenvalue weighted by Gasteiger charge is -2.30. The average Bonchev–Trinajstić information content (AvgIpc) is 2.72. The molecule has 0 aliphatic rings. The minimum Gasteiger partial charge on any atom is -0.357 e. The number of hydrogen-bond donors (Lipinski definition) is 1. The molecular formula is C22H28N2O2S. The monoisotopic (exact) mass is 384 g/mol. The molecule has 27 heavy (non-hydrogen) atoms. The Morgan fingerprint density at radius 3 is 2.26 bits per heavy atom. The molecule has 0 aliphatic carbocycles. The normalized spacial score (nSPS) is 11.6. The Morgan fingerprint density at radius 1 is 1.04 bits per heavy atom. The molecule has 0 unspecified atom stereocenters. The fourth-order valence-electron chi connectivity index (χ4n) is 2.98. The second-order valence-corrected chi connectivity index (χ2v) is 7.44. The van der Waals surface area contributed by atoms with Crippen LogP contribution in [0, 0.1) is 0 Å². The number of amides is 2. The zero-order valence-electron chi connectivity index (χ0n) is 16.1. The molecule has 0 heterocycles. The van der Waals surface area contributed by atoms with Crippen molar-refractivity contribution in [2.45, 2.75) is 37.1 Å². The smallest absolute Gasteiger partial charge is 0.242 e. The zero-order valence-corrected chi connectivity index (χ0v) is 16.9. The van der Waals surface area contributed by atoms with Crippen LogP contribution in [-0.2, 0) is 16.0 Å². The summed E-state index contributed by atoms with van der Waals surface area (Å²) in [5.74, 6) is 0.633. The highest BCUT2D eigenvalue weighted by atomic mass is 32.2. The van der Waals surface area contributed by atoms with Gasteiger partial charge in [-0.2, -0.15) is 0 Å². The maximum absolute atomic E-state index is 12.9. The Balaban J connectivity index is 2.00. The lowest BCUT2D eigenvalue weighted by Crippen LogP contribution is -2.49. The predicted molar refractivity (Wildman–Crippen MR) is 112 cm³/mol. The molecule has 0 saturated heterocycles. The second-order valence-electron chi connectivity index (χ2n) is 6.27. The number of rotatable bonds is 10. The quantitative estimate of drug-likeness (QED) is 0.635. The number of carbonyl (C=O) groups excluding carboxylic acids is 2.